The van der Waals surface area contributed by atoms with E-state index < -0.39 is 0 Å². The van der Waals surface area contributed by atoms with E-state index in [1.54, 1.807) is 0 Å². The molecule has 0 unspecified atom stereocenters. The zero-order chi connectivity index (χ0) is 37.9. The predicted octanol–water partition coefficient (Wildman–Crippen LogP) is 14.5. The van der Waals surface area contributed by atoms with Crippen LogP contribution < -0.4 is 0 Å². The number of furan rings is 1. The summed E-state index contributed by atoms with van der Waals surface area (Å²) >= 11 is 0. The second-order valence-corrected chi connectivity index (χ2v) is 15.2. The van der Waals surface area contributed by atoms with E-state index in [0.29, 0.717) is 0 Å². The zero-order valence-electron chi connectivity index (χ0n) is 31.3. The van der Waals surface area contributed by atoms with Crippen LogP contribution in [0.1, 0.15) is 0 Å². The number of para-hydroxylation sites is 6. The van der Waals surface area contributed by atoms with Crippen LogP contribution in [0.15, 0.2) is 205 Å². The van der Waals surface area contributed by atoms with Gasteiger partial charge >= 0.3 is 0 Å². The number of fused-ring (bicyclic) bond motifs is 12. The number of rotatable bonds is 4. The molecule has 0 aliphatic carbocycles. The van der Waals surface area contributed by atoms with Gasteiger partial charge in [-0.15, -0.1) is 0 Å². The second kappa shape index (κ2) is 11.8. The highest BCUT2D eigenvalue weighted by molar-refractivity contribution is 6.16. The van der Waals surface area contributed by atoms with Crippen molar-refractivity contribution in [3.05, 3.63) is 200 Å². The maximum Gasteiger partial charge on any atom is 0.137 e. The van der Waals surface area contributed by atoms with Gasteiger partial charge in [-0.05, 0) is 78.4 Å². The number of aromatic nitrogens is 3. The zero-order valence-corrected chi connectivity index (χ0v) is 31.3. The van der Waals surface area contributed by atoms with E-state index in [-0.39, 0.29) is 0 Å². The van der Waals surface area contributed by atoms with Crippen molar-refractivity contribution >= 4 is 87.4 Å². The van der Waals surface area contributed by atoms with Crippen LogP contribution >= 0.6 is 0 Å². The highest BCUT2D eigenvalue weighted by Gasteiger charge is 2.23. The van der Waals surface area contributed by atoms with E-state index in [1.807, 2.05) is 6.07 Å². The van der Waals surface area contributed by atoms with Crippen LogP contribution in [-0.4, -0.2) is 13.7 Å². The van der Waals surface area contributed by atoms with Crippen molar-refractivity contribution in [2.45, 2.75) is 0 Å². The van der Waals surface area contributed by atoms with Crippen LogP contribution in [0.2, 0.25) is 0 Å². The van der Waals surface area contributed by atoms with E-state index in [9.17, 15) is 0 Å². The summed E-state index contributed by atoms with van der Waals surface area (Å²) in [6.45, 7) is 0. The molecule has 0 spiro atoms. The molecule has 4 heterocycles. The molecule has 0 radical (unpaired) electrons. The molecule has 0 saturated heterocycles. The molecule has 0 aliphatic rings. The summed E-state index contributed by atoms with van der Waals surface area (Å²) in [5.74, 6) is 0. The minimum atomic E-state index is 0.886. The SMILES string of the molecule is c1cc(-n2c3ccccc3c3ccccc32)c(-c2ccc3c(c2)c2ccccc2n3-c2cccc3oc4ccccc4c23)c(-n2c3ccccc3c3ccccc32)c1. The minimum absolute atomic E-state index is 0.886. The van der Waals surface area contributed by atoms with Gasteiger partial charge in [0.05, 0.1) is 55.5 Å². The van der Waals surface area contributed by atoms with Crippen molar-refractivity contribution in [2.24, 2.45) is 0 Å². The fraction of sp³-hybridized carbons (Fsp3) is 0. The topological polar surface area (TPSA) is 27.9 Å². The maximum atomic E-state index is 6.39. The quantitative estimate of drug-likeness (QED) is 0.177. The molecule has 4 aromatic heterocycles. The highest BCUT2D eigenvalue weighted by Crippen LogP contribution is 2.45. The van der Waals surface area contributed by atoms with E-state index in [2.05, 4.69) is 208 Å². The third-order valence-corrected chi connectivity index (χ3v) is 12.2. The Hall–Kier alpha value is -7.82. The first-order valence-corrected chi connectivity index (χ1v) is 19.9. The summed E-state index contributed by atoms with van der Waals surface area (Å²) in [5.41, 5.74) is 14.5. The smallest absolute Gasteiger partial charge is 0.137 e. The Morgan fingerprint density at radius 3 is 1.19 bits per heavy atom. The van der Waals surface area contributed by atoms with Crippen LogP contribution in [0.25, 0.3) is 116 Å². The maximum absolute atomic E-state index is 6.39. The van der Waals surface area contributed by atoms with Gasteiger partial charge in [0, 0.05) is 43.3 Å². The Kier molecular flexibility index (Phi) is 6.41. The van der Waals surface area contributed by atoms with E-state index >= 15 is 0 Å². The van der Waals surface area contributed by atoms with Crippen molar-refractivity contribution in [3.8, 4) is 28.2 Å². The molecular formula is C54H33N3O. The fourth-order valence-electron chi connectivity index (χ4n) is 9.89. The third-order valence-electron chi connectivity index (χ3n) is 12.2. The monoisotopic (exact) mass is 739 g/mol. The molecule has 13 aromatic rings. The average Bonchev–Trinajstić information content (AvgIpc) is 4.02. The summed E-state index contributed by atoms with van der Waals surface area (Å²) in [4.78, 5) is 0. The Balaban J connectivity index is 1.16. The third kappa shape index (κ3) is 4.23. The Morgan fingerprint density at radius 1 is 0.276 bits per heavy atom. The molecule has 9 aromatic carbocycles. The van der Waals surface area contributed by atoms with Gasteiger partial charge in [0.1, 0.15) is 11.2 Å². The van der Waals surface area contributed by atoms with Crippen LogP contribution in [0, 0.1) is 0 Å². The molecule has 4 nitrogen and oxygen atoms in total. The number of nitrogens with zero attached hydrogens (tertiary/aromatic N) is 3. The van der Waals surface area contributed by atoms with E-state index in [0.717, 1.165) is 55.6 Å². The molecule has 0 bridgehead atoms. The molecule has 13 rings (SSSR count). The van der Waals surface area contributed by atoms with Gasteiger partial charge in [-0.2, -0.15) is 0 Å². The molecular weight excluding hydrogens is 707 g/mol. The lowest BCUT2D eigenvalue weighted by Crippen LogP contribution is -2.03. The van der Waals surface area contributed by atoms with Gasteiger partial charge in [0.2, 0.25) is 0 Å². The molecule has 58 heavy (non-hydrogen) atoms. The van der Waals surface area contributed by atoms with Crippen LogP contribution in [-0.2, 0) is 0 Å². The predicted molar refractivity (Wildman–Crippen MR) is 242 cm³/mol. The van der Waals surface area contributed by atoms with Gasteiger partial charge in [-0.1, -0.05) is 127 Å². The highest BCUT2D eigenvalue weighted by atomic mass is 16.3. The van der Waals surface area contributed by atoms with Crippen LogP contribution in [0.3, 0.4) is 0 Å². The lowest BCUT2D eigenvalue weighted by molar-refractivity contribution is 0.669. The molecule has 0 amide bonds. The summed E-state index contributed by atoms with van der Waals surface area (Å²) in [6.07, 6.45) is 0. The Bertz CT molecular complexity index is 3580. The standard InChI is InChI=1S/C54H33N3O/c1-7-21-42-35(15-1)36-16-2-8-22-43(36)55(42)48-26-13-27-49(56-44-23-9-3-17-37(44)38-18-4-10-24-45(38)56)53(48)34-31-32-47-41(33-34)39-19-5-11-25-46(39)57(47)50-28-14-30-52-54(50)40-20-6-12-29-51(40)58-52/h1-33H. The van der Waals surface area contributed by atoms with Crippen molar-refractivity contribution in [1.29, 1.82) is 0 Å². The molecule has 0 N–H and O–H groups in total. The Morgan fingerprint density at radius 2 is 0.655 bits per heavy atom. The van der Waals surface area contributed by atoms with Gasteiger partial charge in [0.25, 0.3) is 0 Å². The van der Waals surface area contributed by atoms with E-state index in [4.69, 9.17) is 4.42 Å². The lowest BCUT2D eigenvalue weighted by atomic mass is 9.98. The van der Waals surface area contributed by atoms with Crippen LogP contribution in [0.4, 0.5) is 0 Å². The van der Waals surface area contributed by atoms with Crippen molar-refractivity contribution in [2.75, 3.05) is 0 Å². The van der Waals surface area contributed by atoms with Gasteiger partial charge < -0.3 is 18.1 Å². The molecule has 270 valence electrons. The van der Waals surface area contributed by atoms with Gasteiger partial charge in [-0.25, -0.2) is 0 Å². The summed E-state index contributed by atoms with van der Waals surface area (Å²) < 4.78 is 13.8. The molecule has 0 saturated carbocycles. The molecule has 0 fully saturated rings. The number of hydrogen-bond donors (Lipinski definition) is 0. The van der Waals surface area contributed by atoms with Gasteiger partial charge in [0.15, 0.2) is 0 Å². The summed E-state index contributed by atoms with van der Waals surface area (Å²) in [6, 6.07) is 72.6. The number of hydrogen-bond acceptors (Lipinski definition) is 1. The second-order valence-electron chi connectivity index (χ2n) is 15.2. The molecule has 0 atom stereocenters. The Labute approximate surface area is 332 Å². The summed E-state index contributed by atoms with van der Waals surface area (Å²) in [5, 5.41) is 9.61. The number of benzene rings is 9. The van der Waals surface area contributed by atoms with E-state index in [1.165, 1.54) is 59.9 Å². The molecule has 4 heteroatoms. The minimum Gasteiger partial charge on any atom is -0.456 e. The van der Waals surface area contributed by atoms with Crippen molar-refractivity contribution < 1.29 is 4.42 Å². The summed E-state index contributed by atoms with van der Waals surface area (Å²) in [7, 11) is 0. The first-order valence-electron chi connectivity index (χ1n) is 19.9. The largest absolute Gasteiger partial charge is 0.456 e. The average molecular weight is 740 g/mol. The fourth-order valence-corrected chi connectivity index (χ4v) is 9.89. The first kappa shape index (κ1) is 31.4. The molecule has 0 aliphatic heterocycles. The normalized spacial score (nSPS) is 12.1. The first-order chi connectivity index (χ1) is 28.8. The van der Waals surface area contributed by atoms with Crippen molar-refractivity contribution in [1.82, 2.24) is 13.7 Å². The van der Waals surface area contributed by atoms with Crippen LogP contribution in [0.5, 0.6) is 0 Å². The van der Waals surface area contributed by atoms with Crippen molar-refractivity contribution in [3.63, 3.8) is 0 Å². The van der Waals surface area contributed by atoms with Gasteiger partial charge in [-0.3, -0.25) is 0 Å². The lowest BCUT2D eigenvalue weighted by Gasteiger charge is -2.20.